The molecule has 2 rings (SSSR count). The standard InChI is InChI=1S/C8BrF13/c9-1(3(11,12)7(19,20)4(1,13)14)2(10)5(15,16)8(21,22)6(2,17)18. The third-order valence-electron chi connectivity index (χ3n) is 3.78. The van der Waals surface area contributed by atoms with Gasteiger partial charge in [0.2, 0.25) is 4.32 Å². The summed E-state index contributed by atoms with van der Waals surface area (Å²) in [6.07, 6.45) is 0. The smallest absolute Gasteiger partial charge is 0.228 e. The molecule has 0 aromatic rings. The molecule has 2 aliphatic carbocycles. The van der Waals surface area contributed by atoms with Gasteiger partial charge in [0.05, 0.1) is 0 Å². The molecule has 0 aromatic carbocycles. The fourth-order valence-electron chi connectivity index (χ4n) is 2.39. The number of rotatable bonds is 1. The van der Waals surface area contributed by atoms with Crippen molar-refractivity contribution in [2.24, 2.45) is 0 Å². The van der Waals surface area contributed by atoms with E-state index in [4.69, 9.17) is 0 Å². The van der Waals surface area contributed by atoms with Crippen LogP contribution < -0.4 is 0 Å². The van der Waals surface area contributed by atoms with E-state index in [9.17, 15) is 57.1 Å². The number of hydrogen-bond donors (Lipinski definition) is 0. The van der Waals surface area contributed by atoms with Crippen molar-refractivity contribution in [2.45, 2.75) is 45.5 Å². The highest BCUT2D eigenvalue weighted by Crippen LogP contribution is 2.83. The van der Waals surface area contributed by atoms with Crippen LogP contribution in [0.3, 0.4) is 0 Å². The van der Waals surface area contributed by atoms with Crippen molar-refractivity contribution in [3.63, 3.8) is 0 Å². The van der Waals surface area contributed by atoms with Gasteiger partial charge in [-0.1, -0.05) is 15.9 Å². The van der Waals surface area contributed by atoms with E-state index < -0.39 is 45.5 Å². The van der Waals surface area contributed by atoms with Crippen molar-refractivity contribution in [3.8, 4) is 0 Å². The SMILES string of the molecule is FC1(F)C(F)(F)C(F)(C2(Br)C(F)(F)C(F)(F)C2(F)F)C1(F)F. The molecule has 14 heteroatoms. The Morgan fingerprint density at radius 1 is 0.364 bits per heavy atom. The van der Waals surface area contributed by atoms with Gasteiger partial charge in [0, 0.05) is 0 Å². The summed E-state index contributed by atoms with van der Waals surface area (Å²) in [7, 11) is 0. The van der Waals surface area contributed by atoms with Gasteiger partial charge in [-0.3, -0.25) is 0 Å². The molecule has 0 saturated heterocycles. The van der Waals surface area contributed by atoms with E-state index in [0.717, 1.165) is 15.9 Å². The zero-order chi connectivity index (χ0) is 18.0. The van der Waals surface area contributed by atoms with Crippen molar-refractivity contribution >= 4 is 15.9 Å². The average molecular weight is 423 g/mol. The second kappa shape index (κ2) is 3.48. The lowest BCUT2D eigenvalue weighted by Crippen LogP contribution is -3.00. The molecule has 0 amide bonds. The molecule has 0 bridgehead atoms. The largest absolute Gasteiger partial charge is 0.379 e. The average Bonchev–Trinajstić information content (AvgIpc) is 2.33. The summed E-state index contributed by atoms with van der Waals surface area (Å²) in [6, 6.07) is 0. The first-order chi connectivity index (χ1) is 9.25. The first-order valence-electron chi connectivity index (χ1n) is 4.90. The van der Waals surface area contributed by atoms with Crippen LogP contribution in [0.1, 0.15) is 0 Å². The summed E-state index contributed by atoms with van der Waals surface area (Å²) >= 11 is 0.774. The fraction of sp³-hybridized carbons (Fsp3) is 1.00. The van der Waals surface area contributed by atoms with Crippen LogP contribution in [-0.4, -0.2) is 45.5 Å². The Bertz CT molecular complexity index is 450. The van der Waals surface area contributed by atoms with Crippen LogP contribution in [0, 0.1) is 0 Å². The summed E-state index contributed by atoms with van der Waals surface area (Å²) in [5.41, 5.74) is -6.68. The summed E-state index contributed by atoms with van der Waals surface area (Å²) in [5.74, 6) is -39.7. The minimum atomic E-state index is -6.77. The number of alkyl halides is 14. The highest BCUT2D eigenvalue weighted by atomic mass is 79.9. The monoisotopic (exact) mass is 422 g/mol. The second-order valence-electron chi connectivity index (χ2n) is 4.76. The molecule has 130 valence electrons. The normalized spacial score (nSPS) is 36.8. The van der Waals surface area contributed by atoms with Crippen LogP contribution in [0.4, 0.5) is 57.1 Å². The van der Waals surface area contributed by atoms with Crippen LogP contribution in [0.5, 0.6) is 0 Å². The first kappa shape index (κ1) is 17.9. The minimum Gasteiger partial charge on any atom is -0.228 e. The molecule has 2 fully saturated rings. The Morgan fingerprint density at radius 2 is 0.591 bits per heavy atom. The zero-order valence-corrected chi connectivity index (χ0v) is 10.9. The fourth-order valence-corrected chi connectivity index (χ4v) is 3.39. The van der Waals surface area contributed by atoms with Gasteiger partial charge in [-0.05, 0) is 0 Å². The maximum Gasteiger partial charge on any atom is 0.379 e. The molecule has 0 N–H and O–H groups in total. The highest BCUT2D eigenvalue weighted by molar-refractivity contribution is 9.10. The third-order valence-corrected chi connectivity index (χ3v) is 5.32. The van der Waals surface area contributed by atoms with E-state index in [0.29, 0.717) is 0 Å². The van der Waals surface area contributed by atoms with Gasteiger partial charge >= 0.3 is 35.5 Å². The molecule has 22 heavy (non-hydrogen) atoms. The topological polar surface area (TPSA) is 0 Å². The summed E-state index contributed by atoms with van der Waals surface area (Å²) in [5, 5.41) is 0. The summed E-state index contributed by atoms with van der Waals surface area (Å²) < 4.78 is 162. The second-order valence-corrected chi connectivity index (χ2v) is 5.95. The Morgan fingerprint density at radius 3 is 0.864 bits per heavy atom. The van der Waals surface area contributed by atoms with E-state index in [1.165, 1.54) is 0 Å². The molecule has 2 aliphatic rings. The lowest BCUT2D eigenvalue weighted by Gasteiger charge is -2.67. The minimum absolute atomic E-state index is 0.774. The van der Waals surface area contributed by atoms with E-state index in [1.807, 2.05) is 0 Å². The molecule has 0 nitrogen and oxygen atoms in total. The van der Waals surface area contributed by atoms with Crippen molar-refractivity contribution in [1.82, 2.24) is 0 Å². The van der Waals surface area contributed by atoms with E-state index in [1.54, 1.807) is 0 Å². The molecule has 0 aromatic heterocycles. The Kier molecular flexibility index (Phi) is 2.84. The third kappa shape index (κ3) is 1.04. The lowest BCUT2D eigenvalue weighted by molar-refractivity contribution is -0.531. The van der Waals surface area contributed by atoms with Crippen LogP contribution in [0.2, 0.25) is 0 Å². The predicted molar refractivity (Wildman–Crippen MR) is 45.2 cm³/mol. The Balaban J connectivity index is 2.76. The van der Waals surface area contributed by atoms with Crippen molar-refractivity contribution < 1.29 is 57.1 Å². The van der Waals surface area contributed by atoms with Crippen molar-refractivity contribution in [1.29, 1.82) is 0 Å². The molecular formula is C8BrF13. The highest BCUT2D eigenvalue weighted by Gasteiger charge is 3.15. The van der Waals surface area contributed by atoms with Crippen LogP contribution in [-0.2, 0) is 0 Å². The molecule has 2 saturated carbocycles. The number of halogens is 14. The van der Waals surface area contributed by atoms with Crippen LogP contribution in [0.25, 0.3) is 0 Å². The van der Waals surface area contributed by atoms with E-state index in [2.05, 4.69) is 0 Å². The van der Waals surface area contributed by atoms with Crippen molar-refractivity contribution in [2.75, 3.05) is 0 Å². The Labute approximate surface area is 119 Å². The quantitative estimate of drug-likeness (QED) is 0.425. The molecule has 0 atom stereocenters. The first-order valence-corrected chi connectivity index (χ1v) is 5.69. The van der Waals surface area contributed by atoms with Gasteiger partial charge in [-0.25, -0.2) is 4.39 Å². The van der Waals surface area contributed by atoms with E-state index >= 15 is 0 Å². The van der Waals surface area contributed by atoms with Gasteiger partial charge in [-0.15, -0.1) is 0 Å². The summed E-state index contributed by atoms with van der Waals surface area (Å²) in [6.45, 7) is 0. The maximum absolute atomic E-state index is 13.8. The molecule has 0 spiro atoms. The predicted octanol–water partition coefficient (Wildman–Crippen LogP) is 4.67. The number of hydrogen-bond acceptors (Lipinski definition) is 0. The molecule has 0 radical (unpaired) electrons. The van der Waals surface area contributed by atoms with Gasteiger partial charge in [0.25, 0.3) is 5.67 Å². The summed E-state index contributed by atoms with van der Waals surface area (Å²) in [4.78, 5) is 0. The molecule has 0 unspecified atom stereocenters. The van der Waals surface area contributed by atoms with E-state index in [-0.39, 0.29) is 0 Å². The van der Waals surface area contributed by atoms with Crippen LogP contribution >= 0.6 is 15.9 Å². The molecular weight excluding hydrogens is 423 g/mol. The maximum atomic E-state index is 13.8. The van der Waals surface area contributed by atoms with Gasteiger partial charge in [0.15, 0.2) is 0 Å². The molecule has 0 heterocycles. The van der Waals surface area contributed by atoms with Gasteiger partial charge in [-0.2, -0.15) is 52.7 Å². The Hall–Kier alpha value is -0.430. The van der Waals surface area contributed by atoms with Gasteiger partial charge in [0.1, 0.15) is 0 Å². The van der Waals surface area contributed by atoms with Crippen molar-refractivity contribution in [3.05, 3.63) is 0 Å². The zero-order valence-electron chi connectivity index (χ0n) is 9.29. The van der Waals surface area contributed by atoms with Crippen LogP contribution in [0.15, 0.2) is 0 Å². The van der Waals surface area contributed by atoms with Gasteiger partial charge < -0.3 is 0 Å². The lowest BCUT2D eigenvalue weighted by atomic mass is 9.52. The molecule has 0 aliphatic heterocycles.